The second-order valence-corrected chi connectivity index (χ2v) is 6.61. The number of nitrogens with zero attached hydrogens (tertiary/aromatic N) is 3. The third-order valence-electron chi connectivity index (χ3n) is 4.81. The molecule has 0 radical (unpaired) electrons. The van der Waals surface area contributed by atoms with Crippen molar-refractivity contribution in [3.63, 3.8) is 0 Å². The van der Waals surface area contributed by atoms with E-state index in [2.05, 4.69) is 55.7 Å². The Bertz CT molecular complexity index is 817. The number of hydrogen-bond donors (Lipinski definition) is 2. The molecule has 0 bridgehead atoms. The summed E-state index contributed by atoms with van der Waals surface area (Å²) in [6, 6.07) is 11.4. The van der Waals surface area contributed by atoms with Gasteiger partial charge in [-0.15, -0.1) is 0 Å². The molecule has 0 unspecified atom stereocenters. The third kappa shape index (κ3) is 3.26. The van der Waals surface area contributed by atoms with E-state index >= 15 is 0 Å². The van der Waals surface area contributed by atoms with Crippen LogP contribution in [0.4, 0.5) is 5.82 Å². The molecule has 1 aliphatic rings. The van der Waals surface area contributed by atoms with Gasteiger partial charge < -0.3 is 10.2 Å². The molecule has 0 spiro atoms. The van der Waals surface area contributed by atoms with Crippen LogP contribution in [0.15, 0.2) is 42.7 Å². The molecule has 0 atom stereocenters. The maximum atomic E-state index is 4.36. The highest BCUT2D eigenvalue weighted by Crippen LogP contribution is 2.19. The Morgan fingerprint density at radius 3 is 2.83 bits per heavy atom. The van der Waals surface area contributed by atoms with E-state index in [9.17, 15) is 0 Å². The van der Waals surface area contributed by atoms with Gasteiger partial charge in [0.05, 0.1) is 0 Å². The maximum Gasteiger partial charge on any atom is 0.150 e. The lowest BCUT2D eigenvalue weighted by molar-refractivity contribution is 0.413. The summed E-state index contributed by atoms with van der Waals surface area (Å²) in [7, 11) is 0. The molecule has 0 saturated carbocycles. The fourth-order valence-electron chi connectivity index (χ4n) is 3.38. The Morgan fingerprint density at radius 2 is 2.04 bits per heavy atom. The van der Waals surface area contributed by atoms with Crippen molar-refractivity contribution in [2.75, 3.05) is 18.0 Å². The minimum absolute atomic E-state index is 0.578. The third-order valence-corrected chi connectivity index (χ3v) is 4.81. The van der Waals surface area contributed by atoms with Crippen LogP contribution in [0.25, 0.3) is 10.8 Å². The zero-order valence-electron chi connectivity index (χ0n) is 14.0. The average Bonchev–Trinajstić information content (AvgIpc) is 3.07. The summed E-state index contributed by atoms with van der Waals surface area (Å²) in [6.45, 7) is 5.09. The molecule has 4 rings (SSSR count). The van der Waals surface area contributed by atoms with Crippen molar-refractivity contribution in [3.05, 3.63) is 54.0 Å². The van der Waals surface area contributed by atoms with E-state index < -0.39 is 0 Å². The summed E-state index contributed by atoms with van der Waals surface area (Å²) in [5.41, 5.74) is 2.45. The molecule has 124 valence electrons. The largest absolute Gasteiger partial charge is 0.355 e. The molecule has 1 saturated heterocycles. The van der Waals surface area contributed by atoms with Crippen LogP contribution >= 0.6 is 0 Å². The van der Waals surface area contributed by atoms with E-state index in [1.165, 1.54) is 16.3 Å². The molecule has 3 heterocycles. The van der Waals surface area contributed by atoms with Gasteiger partial charge in [0.1, 0.15) is 0 Å². The van der Waals surface area contributed by atoms with E-state index in [-0.39, 0.29) is 0 Å². The second kappa shape index (κ2) is 6.61. The van der Waals surface area contributed by atoms with Gasteiger partial charge >= 0.3 is 0 Å². The van der Waals surface area contributed by atoms with E-state index in [0.717, 1.165) is 44.0 Å². The van der Waals surface area contributed by atoms with Gasteiger partial charge in [-0.3, -0.25) is 10.1 Å². The van der Waals surface area contributed by atoms with Crippen molar-refractivity contribution in [1.82, 2.24) is 20.5 Å². The SMILES string of the molecule is Cc1cc(N2CCC(NCc3ccc4cnccc4c3)CC2)n[nH]1. The van der Waals surface area contributed by atoms with Crippen LogP contribution in [0.1, 0.15) is 24.1 Å². The van der Waals surface area contributed by atoms with Crippen LogP contribution in [0.5, 0.6) is 0 Å². The van der Waals surface area contributed by atoms with E-state index in [1.54, 1.807) is 0 Å². The van der Waals surface area contributed by atoms with Crippen molar-refractivity contribution in [2.24, 2.45) is 0 Å². The lowest BCUT2D eigenvalue weighted by atomic mass is 10.0. The van der Waals surface area contributed by atoms with Crippen molar-refractivity contribution in [2.45, 2.75) is 32.4 Å². The maximum absolute atomic E-state index is 4.36. The summed E-state index contributed by atoms with van der Waals surface area (Å²) in [4.78, 5) is 6.53. The van der Waals surface area contributed by atoms with Crippen LogP contribution in [-0.4, -0.2) is 34.3 Å². The van der Waals surface area contributed by atoms with Crippen molar-refractivity contribution in [1.29, 1.82) is 0 Å². The minimum Gasteiger partial charge on any atom is -0.355 e. The zero-order valence-corrected chi connectivity index (χ0v) is 14.0. The number of aromatic amines is 1. The molecule has 5 heteroatoms. The number of aromatic nitrogens is 3. The Hall–Kier alpha value is -2.40. The first-order valence-electron chi connectivity index (χ1n) is 8.61. The number of anilines is 1. The molecular formula is C19H23N5. The lowest BCUT2D eigenvalue weighted by Crippen LogP contribution is -2.42. The van der Waals surface area contributed by atoms with Gasteiger partial charge in [-0.1, -0.05) is 12.1 Å². The first-order chi connectivity index (χ1) is 11.8. The number of hydrogen-bond acceptors (Lipinski definition) is 4. The number of fused-ring (bicyclic) bond motifs is 1. The van der Waals surface area contributed by atoms with E-state index in [0.29, 0.717) is 6.04 Å². The van der Waals surface area contributed by atoms with Gasteiger partial charge in [-0.2, -0.15) is 5.10 Å². The topological polar surface area (TPSA) is 56.8 Å². The Kier molecular flexibility index (Phi) is 4.17. The Labute approximate surface area is 142 Å². The molecule has 5 nitrogen and oxygen atoms in total. The van der Waals surface area contributed by atoms with Gasteiger partial charge in [-0.05, 0) is 42.8 Å². The number of pyridine rings is 1. The number of aryl methyl sites for hydroxylation is 1. The number of piperidine rings is 1. The summed E-state index contributed by atoms with van der Waals surface area (Å²) in [5, 5.41) is 13.6. The highest BCUT2D eigenvalue weighted by Gasteiger charge is 2.20. The van der Waals surface area contributed by atoms with E-state index in [1.807, 2.05) is 19.3 Å². The molecule has 2 aromatic heterocycles. The summed E-state index contributed by atoms with van der Waals surface area (Å²) in [5.74, 6) is 1.08. The minimum atomic E-state index is 0.578. The predicted octanol–water partition coefficient (Wildman–Crippen LogP) is 3.02. The second-order valence-electron chi connectivity index (χ2n) is 6.61. The van der Waals surface area contributed by atoms with E-state index in [4.69, 9.17) is 0 Å². The Balaban J connectivity index is 1.32. The molecular weight excluding hydrogens is 298 g/mol. The van der Waals surface area contributed by atoms with Crippen LogP contribution in [0.3, 0.4) is 0 Å². The molecule has 1 aliphatic heterocycles. The van der Waals surface area contributed by atoms with Crippen molar-refractivity contribution in [3.8, 4) is 0 Å². The number of nitrogens with one attached hydrogen (secondary N) is 2. The fraction of sp³-hybridized carbons (Fsp3) is 0.368. The molecule has 0 amide bonds. The molecule has 0 aliphatic carbocycles. The van der Waals surface area contributed by atoms with Gasteiger partial charge in [0.2, 0.25) is 0 Å². The van der Waals surface area contributed by atoms with Gasteiger partial charge in [-0.25, -0.2) is 0 Å². The highest BCUT2D eigenvalue weighted by molar-refractivity contribution is 5.81. The lowest BCUT2D eigenvalue weighted by Gasteiger charge is -2.32. The number of benzene rings is 1. The summed E-state index contributed by atoms with van der Waals surface area (Å²) >= 11 is 0. The molecule has 1 fully saturated rings. The number of H-pyrrole nitrogens is 1. The van der Waals surface area contributed by atoms with Crippen LogP contribution in [-0.2, 0) is 6.54 Å². The zero-order chi connectivity index (χ0) is 16.4. The summed E-state index contributed by atoms with van der Waals surface area (Å²) < 4.78 is 0. The quantitative estimate of drug-likeness (QED) is 0.775. The Morgan fingerprint density at radius 1 is 1.17 bits per heavy atom. The average molecular weight is 321 g/mol. The predicted molar refractivity (Wildman–Crippen MR) is 97.1 cm³/mol. The first-order valence-corrected chi connectivity index (χ1v) is 8.61. The van der Waals surface area contributed by atoms with Crippen LogP contribution in [0.2, 0.25) is 0 Å². The molecule has 1 aromatic carbocycles. The van der Waals surface area contributed by atoms with Crippen molar-refractivity contribution >= 4 is 16.6 Å². The highest BCUT2D eigenvalue weighted by atomic mass is 15.3. The van der Waals surface area contributed by atoms with Gasteiger partial charge in [0.25, 0.3) is 0 Å². The standard InChI is InChI=1S/C19H23N5/c1-14-10-19(23-22-14)24-8-5-18(6-9-24)21-12-15-2-3-17-13-20-7-4-16(17)11-15/h2-4,7,10-11,13,18,21H,5-6,8-9,12H2,1H3,(H,22,23). The van der Waals surface area contributed by atoms with Crippen LogP contribution < -0.4 is 10.2 Å². The smallest absolute Gasteiger partial charge is 0.150 e. The summed E-state index contributed by atoms with van der Waals surface area (Å²) in [6.07, 6.45) is 6.08. The van der Waals surface area contributed by atoms with Crippen molar-refractivity contribution < 1.29 is 0 Å². The van der Waals surface area contributed by atoms with Crippen LogP contribution in [0, 0.1) is 6.92 Å². The molecule has 2 N–H and O–H groups in total. The molecule has 3 aromatic rings. The number of rotatable bonds is 4. The fourth-order valence-corrected chi connectivity index (χ4v) is 3.38. The normalized spacial score (nSPS) is 16.0. The first kappa shape index (κ1) is 15.1. The van der Waals surface area contributed by atoms with Gasteiger partial charge in [0.15, 0.2) is 5.82 Å². The van der Waals surface area contributed by atoms with Gasteiger partial charge in [0, 0.05) is 55.2 Å². The monoisotopic (exact) mass is 321 g/mol. The molecule has 24 heavy (non-hydrogen) atoms.